The molecule has 0 unspecified atom stereocenters. The fraction of sp³-hybridized carbons (Fsp3) is 0.520. The first-order valence-electron chi connectivity index (χ1n) is 12.1. The Bertz CT molecular complexity index is 1140. The number of hydrogen-bond donors (Lipinski definition) is 0. The van der Waals surface area contributed by atoms with Gasteiger partial charge in [0.05, 0.1) is 12.3 Å². The van der Waals surface area contributed by atoms with Crippen molar-refractivity contribution in [1.82, 2.24) is 19.5 Å². The van der Waals surface area contributed by atoms with Crippen LogP contribution in [0.5, 0.6) is 5.75 Å². The summed E-state index contributed by atoms with van der Waals surface area (Å²) in [5, 5.41) is 0. The Labute approximate surface area is 194 Å². The van der Waals surface area contributed by atoms with E-state index in [4.69, 9.17) is 9.72 Å². The summed E-state index contributed by atoms with van der Waals surface area (Å²) in [6.45, 7) is 5.07. The Kier molecular flexibility index (Phi) is 6.15. The molecule has 174 valence electrons. The summed E-state index contributed by atoms with van der Waals surface area (Å²) in [6, 6.07) is 7.73. The maximum Gasteiger partial charge on any atom is 0.230 e. The first-order chi connectivity index (χ1) is 16.2. The molecule has 2 aliphatic heterocycles. The van der Waals surface area contributed by atoms with Gasteiger partial charge in [0.1, 0.15) is 17.9 Å². The summed E-state index contributed by atoms with van der Waals surface area (Å²) in [6.07, 6.45) is 7.84. The Morgan fingerprint density at radius 2 is 1.94 bits per heavy atom. The van der Waals surface area contributed by atoms with Crippen LogP contribution in [0.25, 0.3) is 11.2 Å². The average molecular weight is 449 g/mol. The molecule has 1 aromatic carbocycles. The largest absolute Gasteiger partial charge is 0.492 e. The minimum absolute atomic E-state index is 0.0167. The number of imidazole rings is 1. The van der Waals surface area contributed by atoms with Crippen LogP contribution in [0.15, 0.2) is 30.6 Å². The van der Waals surface area contributed by atoms with Crippen LogP contribution in [-0.2, 0) is 17.8 Å². The van der Waals surface area contributed by atoms with E-state index in [9.17, 15) is 4.79 Å². The number of amides is 1. The molecule has 1 saturated heterocycles. The Morgan fingerprint density at radius 1 is 1.12 bits per heavy atom. The van der Waals surface area contributed by atoms with Gasteiger partial charge in [-0.15, -0.1) is 0 Å². The Morgan fingerprint density at radius 3 is 2.76 bits per heavy atom. The second-order valence-electron chi connectivity index (χ2n) is 8.92. The van der Waals surface area contributed by atoms with Crippen LogP contribution in [0, 0.1) is 5.92 Å². The molecular formula is C25H32N6O2. The van der Waals surface area contributed by atoms with E-state index < -0.39 is 0 Å². The molecule has 0 radical (unpaired) electrons. The molecule has 2 aliphatic rings. The average Bonchev–Trinajstić information content (AvgIpc) is 3.04. The lowest BCUT2D eigenvalue weighted by Crippen LogP contribution is -2.41. The molecule has 0 bridgehead atoms. The number of fused-ring (bicyclic) bond motifs is 3. The molecule has 1 fully saturated rings. The highest BCUT2D eigenvalue weighted by Crippen LogP contribution is 2.32. The van der Waals surface area contributed by atoms with Crippen molar-refractivity contribution in [2.75, 3.05) is 36.5 Å². The van der Waals surface area contributed by atoms with Crippen LogP contribution in [0.1, 0.15) is 44.9 Å². The second-order valence-corrected chi connectivity index (χ2v) is 8.92. The smallest absolute Gasteiger partial charge is 0.230 e. The van der Waals surface area contributed by atoms with Crippen LogP contribution in [-0.4, -0.2) is 52.2 Å². The molecule has 33 heavy (non-hydrogen) atoms. The van der Waals surface area contributed by atoms with Crippen LogP contribution < -0.4 is 14.5 Å². The van der Waals surface area contributed by atoms with E-state index in [1.54, 1.807) is 11.2 Å². The Balaban J connectivity index is 1.31. The summed E-state index contributed by atoms with van der Waals surface area (Å²) < 4.78 is 8.00. The third kappa shape index (κ3) is 4.14. The van der Waals surface area contributed by atoms with Crippen molar-refractivity contribution in [2.24, 2.45) is 5.92 Å². The molecule has 1 amide bonds. The van der Waals surface area contributed by atoms with Gasteiger partial charge < -0.3 is 19.1 Å². The number of aryl methyl sites for hydroxylation is 2. The number of benzene rings is 1. The number of rotatable bonds is 5. The SMILES string of the molecule is CCOc1ccccc1N(C)C(=O)C1CCN(c2ncnc3c2nc2n3CCCCC2)CC1. The van der Waals surface area contributed by atoms with E-state index in [0.29, 0.717) is 6.61 Å². The maximum atomic E-state index is 13.3. The lowest BCUT2D eigenvalue weighted by atomic mass is 9.95. The van der Waals surface area contributed by atoms with Gasteiger partial charge in [-0.3, -0.25) is 4.79 Å². The summed E-state index contributed by atoms with van der Waals surface area (Å²) in [4.78, 5) is 31.4. The summed E-state index contributed by atoms with van der Waals surface area (Å²) in [5.74, 6) is 2.90. The topological polar surface area (TPSA) is 76.4 Å². The second kappa shape index (κ2) is 9.37. The van der Waals surface area contributed by atoms with E-state index in [2.05, 4.69) is 19.4 Å². The van der Waals surface area contributed by atoms with E-state index in [0.717, 1.165) is 73.1 Å². The minimum Gasteiger partial charge on any atom is -0.492 e. The monoisotopic (exact) mass is 448 g/mol. The van der Waals surface area contributed by atoms with Crippen molar-refractivity contribution in [3.05, 3.63) is 36.4 Å². The van der Waals surface area contributed by atoms with Gasteiger partial charge in [0.15, 0.2) is 17.0 Å². The van der Waals surface area contributed by atoms with Crippen molar-refractivity contribution in [1.29, 1.82) is 0 Å². The number of nitrogens with zero attached hydrogens (tertiary/aromatic N) is 6. The van der Waals surface area contributed by atoms with Crippen molar-refractivity contribution in [3.63, 3.8) is 0 Å². The number of piperidine rings is 1. The molecule has 0 saturated carbocycles. The number of hydrogen-bond acceptors (Lipinski definition) is 6. The van der Waals surface area contributed by atoms with Gasteiger partial charge in [-0.25, -0.2) is 15.0 Å². The number of ether oxygens (including phenoxy) is 1. The zero-order valence-electron chi connectivity index (χ0n) is 19.5. The predicted molar refractivity (Wildman–Crippen MR) is 129 cm³/mol. The van der Waals surface area contributed by atoms with Crippen molar-refractivity contribution < 1.29 is 9.53 Å². The molecule has 8 nitrogen and oxygen atoms in total. The van der Waals surface area contributed by atoms with Gasteiger partial charge >= 0.3 is 0 Å². The highest BCUT2D eigenvalue weighted by molar-refractivity contribution is 5.96. The van der Waals surface area contributed by atoms with Gasteiger partial charge in [0.25, 0.3) is 0 Å². The summed E-state index contributed by atoms with van der Waals surface area (Å²) in [7, 11) is 1.85. The molecule has 0 spiro atoms. The van der Waals surface area contributed by atoms with Crippen molar-refractivity contribution in [2.45, 2.75) is 52.0 Å². The third-order valence-corrected chi connectivity index (χ3v) is 6.87. The minimum atomic E-state index is -0.0167. The zero-order valence-corrected chi connectivity index (χ0v) is 19.5. The van der Waals surface area contributed by atoms with E-state index in [1.807, 2.05) is 38.2 Å². The number of anilines is 2. The first-order valence-corrected chi connectivity index (χ1v) is 12.1. The van der Waals surface area contributed by atoms with E-state index in [-0.39, 0.29) is 11.8 Å². The fourth-order valence-electron chi connectivity index (χ4n) is 5.10. The normalized spacial score (nSPS) is 17.0. The van der Waals surface area contributed by atoms with Crippen LogP contribution in [0.3, 0.4) is 0 Å². The van der Waals surface area contributed by atoms with E-state index in [1.165, 1.54) is 19.3 Å². The number of aromatic nitrogens is 4. The molecule has 3 aromatic rings. The number of para-hydroxylation sites is 2. The molecular weight excluding hydrogens is 416 g/mol. The zero-order chi connectivity index (χ0) is 22.8. The van der Waals surface area contributed by atoms with Gasteiger partial charge in [0.2, 0.25) is 5.91 Å². The van der Waals surface area contributed by atoms with Crippen LogP contribution in [0.4, 0.5) is 11.5 Å². The lowest BCUT2D eigenvalue weighted by Gasteiger charge is -2.34. The molecule has 0 N–H and O–H groups in total. The van der Waals surface area contributed by atoms with Crippen LogP contribution in [0.2, 0.25) is 0 Å². The number of carbonyl (C=O) groups is 1. The molecule has 0 atom stereocenters. The quantitative estimate of drug-likeness (QED) is 0.590. The molecule has 0 aliphatic carbocycles. The lowest BCUT2D eigenvalue weighted by molar-refractivity contribution is -0.122. The molecule has 5 rings (SSSR count). The number of carbonyl (C=O) groups excluding carboxylic acids is 1. The van der Waals surface area contributed by atoms with Gasteiger partial charge in [-0.1, -0.05) is 18.6 Å². The summed E-state index contributed by atoms with van der Waals surface area (Å²) >= 11 is 0. The van der Waals surface area contributed by atoms with Gasteiger partial charge in [-0.2, -0.15) is 0 Å². The standard InChI is InChI=1S/C25H32N6O2/c1-3-33-20-10-7-6-9-19(20)29(2)25(32)18-12-15-30(16-13-18)23-22-24(27-17-26-23)31-14-8-4-5-11-21(31)28-22/h6-7,9-10,17-18H,3-5,8,11-16H2,1-2H3. The van der Waals surface area contributed by atoms with E-state index >= 15 is 0 Å². The van der Waals surface area contributed by atoms with Crippen molar-refractivity contribution >= 4 is 28.6 Å². The third-order valence-electron chi connectivity index (χ3n) is 6.87. The molecule has 4 heterocycles. The highest BCUT2D eigenvalue weighted by Gasteiger charge is 2.30. The van der Waals surface area contributed by atoms with Gasteiger partial charge in [-0.05, 0) is 44.7 Å². The highest BCUT2D eigenvalue weighted by atomic mass is 16.5. The Hall–Kier alpha value is -3.16. The summed E-state index contributed by atoms with van der Waals surface area (Å²) in [5.41, 5.74) is 2.67. The fourth-order valence-corrected chi connectivity index (χ4v) is 5.10. The van der Waals surface area contributed by atoms with Crippen molar-refractivity contribution in [3.8, 4) is 5.75 Å². The first kappa shape index (κ1) is 21.7. The van der Waals surface area contributed by atoms with Crippen LogP contribution >= 0.6 is 0 Å². The maximum absolute atomic E-state index is 13.3. The molecule has 2 aromatic heterocycles. The molecule has 8 heteroatoms. The predicted octanol–water partition coefficient (Wildman–Crippen LogP) is 3.83. The van der Waals surface area contributed by atoms with Gasteiger partial charge in [0, 0.05) is 39.0 Å².